The Bertz CT molecular complexity index is 628. The van der Waals surface area contributed by atoms with E-state index in [-0.39, 0.29) is 55.0 Å². The Morgan fingerprint density at radius 2 is 2.07 bits per heavy atom. The summed E-state index contributed by atoms with van der Waals surface area (Å²) in [5.74, 6) is -0.617. The molecule has 1 aliphatic rings. The van der Waals surface area contributed by atoms with Gasteiger partial charge in [0.15, 0.2) is 0 Å². The summed E-state index contributed by atoms with van der Waals surface area (Å²) >= 11 is 0. The van der Waals surface area contributed by atoms with E-state index in [0.29, 0.717) is 26.2 Å². The van der Waals surface area contributed by atoms with Crippen LogP contribution in [0, 0.1) is 5.92 Å². The summed E-state index contributed by atoms with van der Waals surface area (Å²) in [6, 6.07) is 1.28. The highest BCUT2D eigenvalue weighted by atomic mass is 35.5. The van der Waals surface area contributed by atoms with Crippen molar-refractivity contribution in [3.05, 3.63) is 18.5 Å². The molecule has 11 heteroatoms. The maximum atomic E-state index is 12.6. The number of amides is 3. The standard InChI is InChI=1S/C17H28N6O3.2ClH/c1-13(23-10-4-7-20-23)17(26)21(2)12-15(24)22-9-3-5-14(11-22)16(25)19-8-6-18;;/h4,7,10,13-14H,3,5-6,8-9,11-12,18H2,1-2H3,(H,19,25);2*1H. The number of carbonyl (C=O) groups is 3. The molecule has 1 aromatic heterocycles. The quantitative estimate of drug-likeness (QED) is 0.626. The number of rotatable bonds is 7. The second-order valence-electron chi connectivity index (χ2n) is 6.61. The van der Waals surface area contributed by atoms with Crippen molar-refractivity contribution in [3.8, 4) is 0 Å². The van der Waals surface area contributed by atoms with Crippen LogP contribution >= 0.6 is 24.8 Å². The van der Waals surface area contributed by atoms with Gasteiger partial charge < -0.3 is 20.9 Å². The summed E-state index contributed by atoms with van der Waals surface area (Å²) in [5.41, 5.74) is 5.40. The molecule has 1 saturated heterocycles. The van der Waals surface area contributed by atoms with Gasteiger partial charge in [-0.15, -0.1) is 24.8 Å². The van der Waals surface area contributed by atoms with Crippen LogP contribution in [0.4, 0.5) is 0 Å². The summed E-state index contributed by atoms with van der Waals surface area (Å²) in [4.78, 5) is 40.2. The number of nitrogens with zero attached hydrogens (tertiary/aromatic N) is 4. The molecule has 2 heterocycles. The molecule has 0 bridgehead atoms. The van der Waals surface area contributed by atoms with Crippen molar-refractivity contribution in [1.82, 2.24) is 24.9 Å². The van der Waals surface area contributed by atoms with Gasteiger partial charge in [0.05, 0.1) is 12.5 Å². The van der Waals surface area contributed by atoms with Crippen molar-refractivity contribution in [2.45, 2.75) is 25.8 Å². The van der Waals surface area contributed by atoms with Gasteiger partial charge in [-0.1, -0.05) is 0 Å². The van der Waals surface area contributed by atoms with Crippen molar-refractivity contribution < 1.29 is 14.4 Å². The minimum atomic E-state index is -0.473. The lowest BCUT2D eigenvalue weighted by atomic mass is 9.97. The molecule has 3 amide bonds. The Morgan fingerprint density at radius 3 is 2.68 bits per heavy atom. The molecule has 0 aliphatic carbocycles. The summed E-state index contributed by atoms with van der Waals surface area (Å²) in [6.07, 6.45) is 4.85. The second kappa shape index (κ2) is 12.6. The van der Waals surface area contributed by atoms with Gasteiger partial charge in [0.2, 0.25) is 17.7 Å². The fraction of sp³-hybridized carbons (Fsp3) is 0.647. The third-order valence-corrected chi connectivity index (χ3v) is 4.62. The summed E-state index contributed by atoms with van der Waals surface area (Å²) in [6.45, 7) is 3.55. The average molecular weight is 437 g/mol. The predicted molar refractivity (Wildman–Crippen MR) is 110 cm³/mol. The van der Waals surface area contributed by atoms with E-state index in [0.717, 1.165) is 12.8 Å². The fourth-order valence-electron chi connectivity index (χ4n) is 3.08. The number of carbonyl (C=O) groups excluding carboxylic acids is 3. The molecule has 0 radical (unpaired) electrons. The monoisotopic (exact) mass is 436 g/mol. The van der Waals surface area contributed by atoms with Crippen LogP contribution in [-0.2, 0) is 14.4 Å². The van der Waals surface area contributed by atoms with Crippen molar-refractivity contribution in [3.63, 3.8) is 0 Å². The first-order chi connectivity index (χ1) is 12.4. The van der Waals surface area contributed by atoms with Gasteiger partial charge in [-0.05, 0) is 25.8 Å². The number of halogens is 2. The molecular formula is C17H30Cl2N6O3. The summed E-state index contributed by atoms with van der Waals surface area (Å²) < 4.78 is 1.56. The van der Waals surface area contributed by atoms with Crippen molar-refractivity contribution in [1.29, 1.82) is 0 Å². The van der Waals surface area contributed by atoms with Gasteiger partial charge in [-0.2, -0.15) is 5.10 Å². The molecule has 9 nitrogen and oxygen atoms in total. The van der Waals surface area contributed by atoms with Gasteiger partial charge in [0.25, 0.3) is 0 Å². The minimum Gasteiger partial charge on any atom is -0.355 e. The molecule has 160 valence electrons. The molecule has 0 aromatic carbocycles. The number of hydrogen-bond acceptors (Lipinski definition) is 5. The predicted octanol–water partition coefficient (Wildman–Crippen LogP) is 0.0596. The zero-order valence-corrected chi connectivity index (χ0v) is 17.9. The average Bonchev–Trinajstić information content (AvgIpc) is 3.19. The van der Waals surface area contributed by atoms with Crippen LogP contribution in [0.2, 0.25) is 0 Å². The van der Waals surface area contributed by atoms with Gasteiger partial charge in [0.1, 0.15) is 6.04 Å². The number of aromatic nitrogens is 2. The van der Waals surface area contributed by atoms with Crippen LogP contribution in [-0.4, -0.2) is 77.1 Å². The first-order valence-corrected chi connectivity index (χ1v) is 8.93. The van der Waals surface area contributed by atoms with Crippen molar-refractivity contribution >= 4 is 42.5 Å². The molecule has 0 saturated carbocycles. The zero-order chi connectivity index (χ0) is 19.1. The fourth-order valence-corrected chi connectivity index (χ4v) is 3.08. The maximum Gasteiger partial charge on any atom is 0.247 e. The smallest absolute Gasteiger partial charge is 0.247 e. The molecule has 1 aliphatic heterocycles. The van der Waals surface area contributed by atoms with E-state index in [1.54, 1.807) is 42.0 Å². The Morgan fingerprint density at radius 1 is 1.36 bits per heavy atom. The Balaban J connectivity index is 0.00000364. The molecule has 1 fully saturated rings. The molecule has 2 unspecified atom stereocenters. The van der Waals surface area contributed by atoms with E-state index in [2.05, 4.69) is 10.4 Å². The van der Waals surface area contributed by atoms with Crippen LogP contribution in [0.5, 0.6) is 0 Å². The first kappa shape index (κ1) is 26.2. The third-order valence-electron chi connectivity index (χ3n) is 4.62. The highest BCUT2D eigenvalue weighted by Crippen LogP contribution is 2.17. The number of nitrogens with one attached hydrogen (secondary N) is 1. The summed E-state index contributed by atoms with van der Waals surface area (Å²) in [7, 11) is 1.61. The Labute approximate surface area is 177 Å². The zero-order valence-electron chi connectivity index (χ0n) is 16.2. The van der Waals surface area contributed by atoms with E-state index in [4.69, 9.17) is 5.73 Å². The lowest BCUT2D eigenvalue weighted by Crippen LogP contribution is -2.49. The maximum absolute atomic E-state index is 12.6. The highest BCUT2D eigenvalue weighted by molar-refractivity contribution is 5.87. The number of likely N-dealkylation sites (tertiary alicyclic amines) is 1. The SMILES string of the molecule is CC(C(=O)N(C)CC(=O)N1CCCC(C(=O)NCCN)C1)n1cccn1.Cl.Cl. The minimum absolute atomic E-state index is 0. The summed E-state index contributed by atoms with van der Waals surface area (Å²) in [5, 5.41) is 6.84. The molecule has 1 aromatic rings. The molecule has 2 rings (SSSR count). The van der Waals surface area contributed by atoms with Gasteiger partial charge in [-0.3, -0.25) is 19.1 Å². The van der Waals surface area contributed by atoms with Crippen LogP contribution in [0.3, 0.4) is 0 Å². The molecular weight excluding hydrogens is 407 g/mol. The molecule has 2 atom stereocenters. The normalized spacial score (nSPS) is 17.0. The van der Waals surface area contributed by atoms with Gasteiger partial charge in [0, 0.05) is 45.6 Å². The van der Waals surface area contributed by atoms with E-state index >= 15 is 0 Å². The van der Waals surface area contributed by atoms with E-state index < -0.39 is 6.04 Å². The lowest BCUT2D eigenvalue weighted by molar-refractivity contribution is -0.143. The Hall–Kier alpha value is -1.84. The van der Waals surface area contributed by atoms with Crippen LogP contribution in [0.15, 0.2) is 18.5 Å². The topological polar surface area (TPSA) is 114 Å². The number of piperidine rings is 1. The number of nitrogens with two attached hydrogens (primary N) is 1. The second-order valence-corrected chi connectivity index (χ2v) is 6.61. The van der Waals surface area contributed by atoms with Crippen LogP contribution in [0.25, 0.3) is 0 Å². The Kier molecular flexibility index (Phi) is 11.8. The number of likely N-dealkylation sites (N-methyl/N-ethyl adjacent to an activating group) is 1. The van der Waals surface area contributed by atoms with Gasteiger partial charge in [-0.25, -0.2) is 0 Å². The van der Waals surface area contributed by atoms with E-state index in [1.165, 1.54) is 4.90 Å². The number of hydrogen-bond donors (Lipinski definition) is 2. The molecule has 0 spiro atoms. The van der Waals surface area contributed by atoms with Crippen molar-refractivity contribution in [2.75, 3.05) is 39.8 Å². The van der Waals surface area contributed by atoms with Gasteiger partial charge >= 0.3 is 0 Å². The first-order valence-electron chi connectivity index (χ1n) is 8.93. The van der Waals surface area contributed by atoms with Crippen molar-refractivity contribution in [2.24, 2.45) is 11.7 Å². The van der Waals surface area contributed by atoms with E-state index in [9.17, 15) is 14.4 Å². The lowest BCUT2D eigenvalue weighted by Gasteiger charge is -2.33. The largest absolute Gasteiger partial charge is 0.355 e. The molecule has 28 heavy (non-hydrogen) atoms. The third kappa shape index (κ3) is 6.96. The van der Waals surface area contributed by atoms with Crippen LogP contribution < -0.4 is 11.1 Å². The highest BCUT2D eigenvalue weighted by Gasteiger charge is 2.29. The van der Waals surface area contributed by atoms with E-state index in [1.807, 2.05) is 0 Å². The van der Waals surface area contributed by atoms with Crippen LogP contribution in [0.1, 0.15) is 25.8 Å². The molecule has 3 N–H and O–H groups in total.